The van der Waals surface area contributed by atoms with Crippen LogP contribution in [-0.4, -0.2) is 19.6 Å². The van der Waals surface area contributed by atoms with Gasteiger partial charge in [-0.15, -0.1) is 0 Å². The Labute approximate surface area is 134 Å². The molecule has 2 heterocycles. The zero-order valence-corrected chi connectivity index (χ0v) is 12.3. The summed E-state index contributed by atoms with van der Waals surface area (Å²) in [5.74, 6) is 0.639. The Kier molecular flexibility index (Phi) is 3.90. The molecule has 3 rings (SSSR count). The number of aromatic nitrogens is 3. The van der Waals surface area contributed by atoms with Crippen LogP contribution in [0.5, 0.6) is 0 Å². The van der Waals surface area contributed by atoms with Crippen molar-refractivity contribution in [2.75, 3.05) is 0 Å². The second kappa shape index (κ2) is 6.01. The van der Waals surface area contributed by atoms with Crippen LogP contribution >= 0.6 is 11.6 Å². The molecule has 0 fully saturated rings. The maximum absolute atomic E-state index is 11.4. The highest BCUT2D eigenvalue weighted by molar-refractivity contribution is 6.30. The third-order valence-corrected chi connectivity index (χ3v) is 3.29. The molecule has 23 heavy (non-hydrogen) atoms. The van der Waals surface area contributed by atoms with Gasteiger partial charge >= 0.3 is 5.69 Å². The summed E-state index contributed by atoms with van der Waals surface area (Å²) in [7, 11) is 0. The summed E-state index contributed by atoms with van der Waals surface area (Å²) in [6.07, 6.45) is 2.56. The Morgan fingerprint density at radius 3 is 2.70 bits per heavy atom. The van der Waals surface area contributed by atoms with Gasteiger partial charge in [-0.05, 0) is 24.3 Å². The summed E-state index contributed by atoms with van der Waals surface area (Å²) in [6.45, 7) is 0.137. The van der Waals surface area contributed by atoms with E-state index in [2.05, 4.69) is 10.1 Å². The van der Waals surface area contributed by atoms with E-state index in [1.165, 1.54) is 10.8 Å². The maximum Gasteiger partial charge on any atom is 0.332 e. The second-order valence-corrected chi connectivity index (χ2v) is 5.08. The molecule has 2 aromatic heterocycles. The topological polar surface area (TPSA) is 104 Å². The predicted octanol–water partition coefficient (Wildman–Crippen LogP) is 2.51. The van der Waals surface area contributed by atoms with E-state index in [0.717, 1.165) is 12.3 Å². The van der Waals surface area contributed by atoms with Crippen LogP contribution in [0.4, 0.5) is 5.69 Å². The van der Waals surface area contributed by atoms with E-state index in [1.54, 1.807) is 24.3 Å². The van der Waals surface area contributed by atoms with E-state index in [4.69, 9.17) is 16.1 Å². The number of nitrogens with zero attached hydrogens (tertiary/aromatic N) is 4. The molecule has 3 aromatic rings. The number of pyridine rings is 1. The van der Waals surface area contributed by atoms with Crippen molar-refractivity contribution in [2.45, 2.75) is 6.54 Å². The van der Waals surface area contributed by atoms with Gasteiger partial charge in [0.15, 0.2) is 5.82 Å². The van der Waals surface area contributed by atoms with Gasteiger partial charge in [0.25, 0.3) is 11.3 Å². The fourth-order valence-electron chi connectivity index (χ4n) is 1.94. The number of hydrogen-bond donors (Lipinski definition) is 0. The predicted molar refractivity (Wildman–Crippen MR) is 81.2 cm³/mol. The van der Waals surface area contributed by atoms with Gasteiger partial charge in [0.1, 0.15) is 0 Å². The monoisotopic (exact) mass is 332 g/mol. The van der Waals surface area contributed by atoms with Crippen molar-refractivity contribution in [3.05, 3.63) is 73.9 Å². The van der Waals surface area contributed by atoms with Crippen molar-refractivity contribution in [1.82, 2.24) is 14.7 Å². The summed E-state index contributed by atoms with van der Waals surface area (Å²) in [4.78, 5) is 25.6. The molecule has 0 aliphatic heterocycles. The maximum atomic E-state index is 11.4. The number of nitro groups is 1. The summed E-state index contributed by atoms with van der Waals surface area (Å²) < 4.78 is 6.59. The zero-order chi connectivity index (χ0) is 16.4. The summed E-state index contributed by atoms with van der Waals surface area (Å²) in [6, 6.07) is 8.00. The van der Waals surface area contributed by atoms with E-state index in [1.807, 2.05) is 0 Å². The minimum atomic E-state index is -0.728. The van der Waals surface area contributed by atoms with Crippen LogP contribution in [0, 0.1) is 10.1 Å². The fraction of sp³-hybridized carbons (Fsp3) is 0.0714. The van der Waals surface area contributed by atoms with Gasteiger partial charge in [0.2, 0.25) is 0 Å². The van der Waals surface area contributed by atoms with Crippen molar-refractivity contribution in [2.24, 2.45) is 0 Å². The van der Waals surface area contributed by atoms with Gasteiger partial charge in [-0.1, -0.05) is 16.8 Å². The standard InChI is InChI=1S/C14H9ClN4O4/c15-10-3-1-9(2-4-10)14-16-13(17-23-14)8-18-6-5-12(20)11(7-18)19(21)22/h1-7H,8H2. The lowest BCUT2D eigenvalue weighted by molar-refractivity contribution is -0.386. The molecule has 0 bridgehead atoms. The average molecular weight is 333 g/mol. The van der Waals surface area contributed by atoms with Crippen LogP contribution in [0.25, 0.3) is 11.5 Å². The highest BCUT2D eigenvalue weighted by atomic mass is 35.5. The van der Waals surface area contributed by atoms with Crippen LogP contribution in [0.15, 0.2) is 52.0 Å². The molecular formula is C14H9ClN4O4. The second-order valence-electron chi connectivity index (χ2n) is 4.65. The minimum absolute atomic E-state index is 0.137. The summed E-state index contributed by atoms with van der Waals surface area (Å²) in [5.41, 5.74) is -0.450. The molecule has 0 N–H and O–H groups in total. The lowest BCUT2D eigenvalue weighted by atomic mass is 10.2. The molecule has 0 aliphatic carbocycles. The van der Waals surface area contributed by atoms with Crippen LogP contribution in [-0.2, 0) is 6.54 Å². The Morgan fingerprint density at radius 2 is 2.00 bits per heavy atom. The molecule has 8 nitrogen and oxygen atoms in total. The Morgan fingerprint density at radius 1 is 1.26 bits per heavy atom. The Bertz CT molecular complexity index is 917. The SMILES string of the molecule is O=c1ccn(Cc2noc(-c3ccc(Cl)cc3)n2)cc1[N+](=O)[O-]. The van der Waals surface area contributed by atoms with Crippen LogP contribution < -0.4 is 5.43 Å². The van der Waals surface area contributed by atoms with Gasteiger partial charge in [-0.25, -0.2) is 0 Å². The molecule has 0 atom stereocenters. The molecule has 0 spiro atoms. The van der Waals surface area contributed by atoms with Crippen molar-refractivity contribution in [1.29, 1.82) is 0 Å². The molecule has 0 saturated heterocycles. The zero-order valence-electron chi connectivity index (χ0n) is 11.5. The first-order chi connectivity index (χ1) is 11.0. The molecule has 0 unspecified atom stereocenters. The lowest BCUT2D eigenvalue weighted by Crippen LogP contribution is -2.11. The number of benzene rings is 1. The summed E-state index contributed by atoms with van der Waals surface area (Å²) in [5, 5.41) is 15.2. The largest absolute Gasteiger partial charge is 0.340 e. The van der Waals surface area contributed by atoms with Crippen molar-refractivity contribution in [3.8, 4) is 11.5 Å². The molecule has 9 heteroatoms. The van der Waals surface area contributed by atoms with Crippen molar-refractivity contribution in [3.63, 3.8) is 0 Å². The van der Waals surface area contributed by atoms with E-state index >= 15 is 0 Å². The first kappa shape index (κ1) is 14.9. The molecule has 0 saturated carbocycles. The molecule has 0 radical (unpaired) electrons. The average Bonchev–Trinajstić information content (AvgIpc) is 2.98. The molecule has 0 aliphatic rings. The highest BCUT2D eigenvalue weighted by Crippen LogP contribution is 2.19. The number of hydrogen-bond acceptors (Lipinski definition) is 6. The molecular weight excluding hydrogens is 324 g/mol. The van der Waals surface area contributed by atoms with Gasteiger partial charge in [0, 0.05) is 22.8 Å². The van der Waals surface area contributed by atoms with Gasteiger partial charge in [0.05, 0.1) is 17.7 Å². The third-order valence-electron chi connectivity index (χ3n) is 3.04. The van der Waals surface area contributed by atoms with Gasteiger partial charge < -0.3 is 9.09 Å². The van der Waals surface area contributed by atoms with E-state index in [0.29, 0.717) is 22.3 Å². The Hall–Kier alpha value is -3.00. The summed E-state index contributed by atoms with van der Waals surface area (Å²) >= 11 is 5.81. The van der Waals surface area contributed by atoms with Crippen LogP contribution in [0.2, 0.25) is 5.02 Å². The van der Waals surface area contributed by atoms with E-state index < -0.39 is 16.0 Å². The normalized spacial score (nSPS) is 10.7. The van der Waals surface area contributed by atoms with Gasteiger partial charge in [-0.3, -0.25) is 14.9 Å². The third kappa shape index (κ3) is 3.27. The lowest BCUT2D eigenvalue weighted by Gasteiger charge is -2.01. The molecule has 1 aromatic carbocycles. The first-order valence-corrected chi connectivity index (χ1v) is 6.84. The van der Waals surface area contributed by atoms with E-state index in [-0.39, 0.29) is 6.54 Å². The quantitative estimate of drug-likeness (QED) is 0.537. The van der Waals surface area contributed by atoms with Crippen molar-refractivity contribution < 1.29 is 9.45 Å². The fourth-order valence-corrected chi connectivity index (χ4v) is 2.07. The van der Waals surface area contributed by atoms with Crippen molar-refractivity contribution >= 4 is 17.3 Å². The van der Waals surface area contributed by atoms with Crippen LogP contribution in [0.3, 0.4) is 0 Å². The van der Waals surface area contributed by atoms with E-state index in [9.17, 15) is 14.9 Å². The number of halogens is 1. The molecule has 0 amide bonds. The highest BCUT2D eigenvalue weighted by Gasteiger charge is 2.13. The number of rotatable bonds is 4. The first-order valence-electron chi connectivity index (χ1n) is 6.46. The molecule has 116 valence electrons. The smallest absolute Gasteiger partial charge is 0.332 e. The van der Waals surface area contributed by atoms with Crippen LogP contribution in [0.1, 0.15) is 5.82 Å². The van der Waals surface area contributed by atoms with Gasteiger partial charge in [-0.2, -0.15) is 4.98 Å². The minimum Gasteiger partial charge on any atom is -0.340 e. The Balaban J connectivity index is 1.84.